The summed E-state index contributed by atoms with van der Waals surface area (Å²) in [4.78, 5) is 29.9. The quantitative estimate of drug-likeness (QED) is 0.487. The minimum Gasteiger partial charge on any atom is -0.356 e. The number of rotatable bonds is 5. The van der Waals surface area contributed by atoms with Gasteiger partial charge in [-0.2, -0.15) is 0 Å². The Bertz CT molecular complexity index is 602. The molecule has 0 saturated heterocycles. The van der Waals surface area contributed by atoms with Crippen molar-refractivity contribution in [2.24, 2.45) is 10.9 Å². The first kappa shape index (κ1) is 15.5. The second-order valence-electron chi connectivity index (χ2n) is 5.98. The van der Waals surface area contributed by atoms with Crippen LogP contribution in [0.1, 0.15) is 40.0 Å². The molecule has 0 aromatic heterocycles. The third-order valence-corrected chi connectivity index (χ3v) is 4.51. The lowest BCUT2D eigenvalue weighted by molar-refractivity contribution is 0.0657. The van der Waals surface area contributed by atoms with Crippen LogP contribution in [0.3, 0.4) is 0 Å². The zero-order valence-corrected chi connectivity index (χ0v) is 13.3. The lowest BCUT2D eigenvalue weighted by atomic mass is 9.85. The number of hydrogen-bond donors (Lipinski definition) is 2. The van der Waals surface area contributed by atoms with Gasteiger partial charge >= 0.3 is 0 Å². The van der Waals surface area contributed by atoms with Crippen molar-refractivity contribution in [3.63, 3.8) is 0 Å². The third-order valence-electron chi connectivity index (χ3n) is 4.51. The van der Waals surface area contributed by atoms with Crippen LogP contribution in [0.2, 0.25) is 0 Å². The Balaban J connectivity index is 1.49. The summed E-state index contributed by atoms with van der Waals surface area (Å²) in [5.74, 6) is 1.02. The Morgan fingerprint density at radius 2 is 1.83 bits per heavy atom. The molecule has 6 heteroatoms. The number of nitrogens with one attached hydrogen (secondary N) is 2. The van der Waals surface area contributed by atoms with Crippen LogP contribution in [0.5, 0.6) is 0 Å². The van der Waals surface area contributed by atoms with Gasteiger partial charge in [-0.1, -0.05) is 18.6 Å². The van der Waals surface area contributed by atoms with E-state index in [4.69, 9.17) is 0 Å². The predicted molar refractivity (Wildman–Crippen MR) is 88.5 cm³/mol. The van der Waals surface area contributed by atoms with E-state index in [9.17, 15) is 9.59 Å². The highest BCUT2D eigenvalue weighted by molar-refractivity contribution is 6.21. The molecule has 1 aliphatic heterocycles. The summed E-state index contributed by atoms with van der Waals surface area (Å²) in [6.45, 7) is 1.74. The van der Waals surface area contributed by atoms with Gasteiger partial charge in [0, 0.05) is 26.7 Å². The van der Waals surface area contributed by atoms with Gasteiger partial charge in [-0.05, 0) is 30.9 Å². The van der Waals surface area contributed by atoms with Gasteiger partial charge in [0.25, 0.3) is 11.8 Å². The van der Waals surface area contributed by atoms with Crippen LogP contribution in [-0.2, 0) is 0 Å². The lowest BCUT2D eigenvalue weighted by Gasteiger charge is -2.26. The number of carbonyl (C=O) groups excluding carboxylic acids is 2. The first-order valence-corrected chi connectivity index (χ1v) is 8.10. The molecule has 1 aromatic rings. The topological polar surface area (TPSA) is 73.8 Å². The molecule has 1 saturated carbocycles. The summed E-state index contributed by atoms with van der Waals surface area (Å²) in [7, 11) is 1.72. The van der Waals surface area contributed by atoms with Crippen LogP contribution >= 0.6 is 0 Å². The number of fused-ring (bicyclic) bond motifs is 1. The van der Waals surface area contributed by atoms with Crippen LogP contribution in [0, 0.1) is 5.92 Å². The van der Waals surface area contributed by atoms with E-state index < -0.39 is 0 Å². The molecular formula is C17H22N4O2. The van der Waals surface area contributed by atoms with E-state index in [0.29, 0.717) is 30.2 Å². The fraction of sp³-hybridized carbons (Fsp3) is 0.471. The number of hydrogen-bond acceptors (Lipinski definition) is 3. The van der Waals surface area contributed by atoms with Gasteiger partial charge in [0.1, 0.15) is 0 Å². The molecule has 0 unspecified atom stereocenters. The lowest BCUT2D eigenvalue weighted by Crippen LogP contribution is -2.44. The Hall–Kier alpha value is -2.37. The van der Waals surface area contributed by atoms with E-state index in [2.05, 4.69) is 15.6 Å². The van der Waals surface area contributed by atoms with Gasteiger partial charge in [-0.15, -0.1) is 0 Å². The van der Waals surface area contributed by atoms with E-state index in [1.165, 1.54) is 24.2 Å². The molecule has 1 aliphatic carbocycles. The standard InChI is InChI=1S/C17H22N4O2/c1-18-17(20-11-12-5-4-6-12)19-9-10-21-15(22)13-7-2-3-8-14(13)16(21)23/h2-3,7-8,12H,4-6,9-11H2,1H3,(H2,18,19,20). The monoisotopic (exact) mass is 314 g/mol. The number of amides is 2. The van der Waals surface area contributed by atoms with E-state index >= 15 is 0 Å². The average molecular weight is 314 g/mol. The second-order valence-corrected chi connectivity index (χ2v) is 5.98. The number of nitrogens with zero attached hydrogens (tertiary/aromatic N) is 2. The van der Waals surface area contributed by atoms with Gasteiger partial charge in [0.2, 0.25) is 0 Å². The highest BCUT2D eigenvalue weighted by atomic mass is 16.2. The molecule has 122 valence electrons. The highest BCUT2D eigenvalue weighted by Gasteiger charge is 2.34. The Morgan fingerprint density at radius 1 is 1.17 bits per heavy atom. The van der Waals surface area contributed by atoms with Crippen molar-refractivity contribution in [1.29, 1.82) is 0 Å². The molecule has 2 amide bonds. The van der Waals surface area contributed by atoms with Crippen LogP contribution in [0.25, 0.3) is 0 Å². The molecule has 1 fully saturated rings. The van der Waals surface area contributed by atoms with Gasteiger partial charge in [-0.3, -0.25) is 19.5 Å². The maximum absolute atomic E-state index is 12.2. The summed E-state index contributed by atoms with van der Waals surface area (Å²) in [6.07, 6.45) is 3.87. The summed E-state index contributed by atoms with van der Waals surface area (Å²) in [5, 5.41) is 6.45. The minimum absolute atomic E-state index is 0.218. The van der Waals surface area contributed by atoms with E-state index in [0.717, 1.165) is 12.5 Å². The predicted octanol–water partition coefficient (Wildman–Crippen LogP) is 1.25. The van der Waals surface area contributed by atoms with Crippen molar-refractivity contribution in [2.75, 3.05) is 26.7 Å². The van der Waals surface area contributed by atoms with Crippen LogP contribution in [0.15, 0.2) is 29.3 Å². The first-order chi connectivity index (χ1) is 11.2. The molecule has 1 heterocycles. The zero-order chi connectivity index (χ0) is 16.2. The number of aliphatic imine (C=N–C) groups is 1. The molecule has 0 spiro atoms. The van der Waals surface area contributed by atoms with Crippen LogP contribution in [0.4, 0.5) is 0 Å². The molecule has 0 bridgehead atoms. The summed E-state index contributed by atoms with van der Waals surface area (Å²) in [5.41, 5.74) is 0.981. The van der Waals surface area contributed by atoms with Gasteiger partial charge in [0.15, 0.2) is 5.96 Å². The number of imide groups is 1. The minimum atomic E-state index is -0.218. The molecule has 2 N–H and O–H groups in total. The fourth-order valence-electron chi connectivity index (χ4n) is 2.89. The summed E-state index contributed by atoms with van der Waals surface area (Å²) < 4.78 is 0. The average Bonchev–Trinajstić information content (AvgIpc) is 2.77. The van der Waals surface area contributed by atoms with Crippen molar-refractivity contribution in [3.8, 4) is 0 Å². The van der Waals surface area contributed by atoms with Crippen molar-refractivity contribution in [3.05, 3.63) is 35.4 Å². The Labute approximate surface area is 136 Å². The number of carbonyl (C=O) groups is 2. The van der Waals surface area contributed by atoms with Crippen molar-refractivity contribution < 1.29 is 9.59 Å². The molecule has 6 nitrogen and oxygen atoms in total. The molecule has 2 aliphatic rings. The first-order valence-electron chi connectivity index (χ1n) is 8.10. The van der Waals surface area contributed by atoms with Gasteiger partial charge in [-0.25, -0.2) is 0 Å². The largest absolute Gasteiger partial charge is 0.356 e. The number of benzene rings is 1. The molecular weight excluding hydrogens is 292 g/mol. The molecule has 0 atom stereocenters. The maximum Gasteiger partial charge on any atom is 0.261 e. The van der Waals surface area contributed by atoms with Crippen LogP contribution in [-0.4, -0.2) is 49.4 Å². The van der Waals surface area contributed by atoms with Crippen molar-refractivity contribution in [2.45, 2.75) is 19.3 Å². The maximum atomic E-state index is 12.2. The zero-order valence-electron chi connectivity index (χ0n) is 13.3. The Morgan fingerprint density at radius 3 is 2.35 bits per heavy atom. The third kappa shape index (κ3) is 3.21. The van der Waals surface area contributed by atoms with Crippen molar-refractivity contribution >= 4 is 17.8 Å². The summed E-state index contributed by atoms with van der Waals surface area (Å²) in [6, 6.07) is 6.94. The highest BCUT2D eigenvalue weighted by Crippen LogP contribution is 2.25. The van der Waals surface area contributed by atoms with E-state index in [1.807, 2.05) is 0 Å². The van der Waals surface area contributed by atoms with Gasteiger partial charge < -0.3 is 10.6 Å². The Kier molecular flexibility index (Phi) is 4.60. The van der Waals surface area contributed by atoms with Gasteiger partial charge in [0.05, 0.1) is 11.1 Å². The molecule has 1 aromatic carbocycles. The normalized spacial score (nSPS) is 18.0. The fourth-order valence-corrected chi connectivity index (χ4v) is 2.89. The molecule has 23 heavy (non-hydrogen) atoms. The second kappa shape index (κ2) is 6.81. The van der Waals surface area contributed by atoms with Crippen molar-refractivity contribution in [1.82, 2.24) is 15.5 Å². The van der Waals surface area contributed by atoms with Crippen LogP contribution < -0.4 is 10.6 Å². The van der Waals surface area contributed by atoms with E-state index in [1.54, 1.807) is 31.3 Å². The van der Waals surface area contributed by atoms with E-state index in [-0.39, 0.29) is 11.8 Å². The number of guanidine groups is 1. The smallest absolute Gasteiger partial charge is 0.261 e. The SMILES string of the molecule is CN=C(NCCN1C(=O)c2ccccc2C1=O)NCC1CCC1. The summed E-state index contributed by atoms with van der Waals surface area (Å²) >= 11 is 0. The molecule has 3 rings (SSSR count). The molecule has 0 radical (unpaired) electrons.